The molecule has 1 aliphatic heterocycles. The number of nitrogens with two attached hydrogens (primary N) is 1. The maximum atomic E-state index is 11.7. The number of aliphatic hydroxyl groups is 1. The summed E-state index contributed by atoms with van der Waals surface area (Å²) in [7, 11) is 0. The van der Waals surface area contributed by atoms with Gasteiger partial charge in [0.2, 0.25) is 0 Å². The standard InChI is InChI=1S/C15H22BrN3O2/c1-15(2)8-10(4-3-7-20)9-19(15)14-11(13(17)21)5-6-12(16)18-14/h5-6,10,20H,3-4,7-9H2,1-2H3,(H2,17,21). The van der Waals surface area contributed by atoms with Crippen molar-refractivity contribution in [1.82, 2.24) is 4.98 Å². The van der Waals surface area contributed by atoms with E-state index in [4.69, 9.17) is 10.8 Å². The third-order valence-corrected chi connectivity index (χ3v) is 4.53. The first-order chi connectivity index (χ1) is 9.85. The highest BCUT2D eigenvalue weighted by Crippen LogP contribution is 2.39. The van der Waals surface area contributed by atoms with Gasteiger partial charge in [-0.25, -0.2) is 4.98 Å². The topological polar surface area (TPSA) is 79.4 Å². The van der Waals surface area contributed by atoms with Crippen molar-refractivity contribution in [2.45, 2.75) is 38.6 Å². The fourth-order valence-corrected chi connectivity index (χ4v) is 3.46. The van der Waals surface area contributed by atoms with Crippen LogP contribution in [0.15, 0.2) is 16.7 Å². The second-order valence-corrected chi connectivity index (χ2v) is 7.04. The number of primary amides is 1. The minimum Gasteiger partial charge on any atom is -0.396 e. The van der Waals surface area contributed by atoms with Gasteiger partial charge >= 0.3 is 0 Å². The smallest absolute Gasteiger partial charge is 0.252 e. The van der Waals surface area contributed by atoms with E-state index in [1.807, 2.05) is 0 Å². The van der Waals surface area contributed by atoms with E-state index in [9.17, 15) is 4.79 Å². The molecule has 1 fully saturated rings. The Morgan fingerprint density at radius 1 is 1.57 bits per heavy atom. The van der Waals surface area contributed by atoms with Crippen molar-refractivity contribution in [3.63, 3.8) is 0 Å². The van der Waals surface area contributed by atoms with E-state index in [-0.39, 0.29) is 12.1 Å². The minimum absolute atomic E-state index is 0.0852. The first kappa shape index (κ1) is 16.2. The van der Waals surface area contributed by atoms with Gasteiger partial charge in [0.05, 0.1) is 5.56 Å². The Kier molecular flexibility index (Phi) is 4.88. The van der Waals surface area contributed by atoms with Crippen LogP contribution in [-0.4, -0.2) is 34.7 Å². The number of pyridine rings is 1. The van der Waals surface area contributed by atoms with Crippen LogP contribution < -0.4 is 10.6 Å². The normalized spacial score (nSPS) is 20.8. The Morgan fingerprint density at radius 2 is 2.29 bits per heavy atom. The van der Waals surface area contributed by atoms with Gasteiger partial charge in [-0.05, 0) is 67.1 Å². The molecule has 1 aromatic rings. The van der Waals surface area contributed by atoms with E-state index in [1.165, 1.54) is 0 Å². The van der Waals surface area contributed by atoms with Crippen LogP contribution in [0.5, 0.6) is 0 Å². The lowest BCUT2D eigenvalue weighted by molar-refractivity contribution is 0.100. The van der Waals surface area contributed by atoms with Gasteiger partial charge in [0.25, 0.3) is 5.91 Å². The van der Waals surface area contributed by atoms with Gasteiger partial charge in [0, 0.05) is 18.7 Å². The second kappa shape index (κ2) is 6.32. The summed E-state index contributed by atoms with van der Waals surface area (Å²) in [5.74, 6) is 0.682. The molecule has 2 heterocycles. The predicted molar refractivity (Wildman–Crippen MR) is 86.3 cm³/mol. The zero-order valence-corrected chi connectivity index (χ0v) is 14.1. The zero-order valence-electron chi connectivity index (χ0n) is 12.5. The number of hydrogen-bond donors (Lipinski definition) is 2. The summed E-state index contributed by atoms with van der Waals surface area (Å²) in [6, 6.07) is 3.45. The van der Waals surface area contributed by atoms with Crippen molar-refractivity contribution in [3.05, 3.63) is 22.3 Å². The molecular formula is C15H22BrN3O2. The maximum Gasteiger partial charge on any atom is 0.252 e. The maximum absolute atomic E-state index is 11.7. The Bertz CT molecular complexity index is 534. The van der Waals surface area contributed by atoms with Crippen LogP contribution >= 0.6 is 15.9 Å². The fourth-order valence-electron chi connectivity index (χ4n) is 3.16. The van der Waals surface area contributed by atoms with Crippen molar-refractivity contribution < 1.29 is 9.90 Å². The molecule has 6 heteroatoms. The molecule has 1 amide bonds. The van der Waals surface area contributed by atoms with E-state index in [2.05, 4.69) is 39.7 Å². The molecule has 21 heavy (non-hydrogen) atoms. The molecule has 116 valence electrons. The number of carbonyl (C=O) groups excluding carboxylic acids is 1. The van der Waals surface area contributed by atoms with Crippen LogP contribution in [0.2, 0.25) is 0 Å². The van der Waals surface area contributed by atoms with E-state index in [0.29, 0.717) is 21.9 Å². The third-order valence-electron chi connectivity index (χ3n) is 4.09. The Balaban J connectivity index is 2.32. The summed E-state index contributed by atoms with van der Waals surface area (Å²) in [4.78, 5) is 18.3. The van der Waals surface area contributed by atoms with Crippen molar-refractivity contribution in [2.24, 2.45) is 11.7 Å². The van der Waals surface area contributed by atoms with Crippen molar-refractivity contribution >= 4 is 27.7 Å². The first-order valence-electron chi connectivity index (χ1n) is 7.20. The molecule has 1 aromatic heterocycles. The van der Waals surface area contributed by atoms with Crippen LogP contribution in [0.3, 0.4) is 0 Å². The van der Waals surface area contributed by atoms with Gasteiger partial charge in [0.15, 0.2) is 0 Å². The lowest BCUT2D eigenvalue weighted by atomic mass is 9.93. The summed E-state index contributed by atoms with van der Waals surface area (Å²) in [6.45, 7) is 5.36. The molecule has 0 spiro atoms. The summed E-state index contributed by atoms with van der Waals surface area (Å²) < 4.78 is 0.692. The van der Waals surface area contributed by atoms with Gasteiger partial charge in [0.1, 0.15) is 10.4 Å². The monoisotopic (exact) mass is 355 g/mol. The Morgan fingerprint density at radius 3 is 2.90 bits per heavy atom. The number of amides is 1. The largest absolute Gasteiger partial charge is 0.396 e. The quantitative estimate of drug-likeness (QED) is 0.794. The highest BCUT2D eigenvalue weighted by atomic mass is 79.9. The number of aliphatic hydroxyl groups excluding tert-OH is 1. The minimum atomic E-state index is -0.459. The molecule has 0 radical (unpaired) electrons. The SMILES string of the molecule is CC1(C)CC(CCCO)CN1c1nc(Br)ccc1C(N)=O. The highest BCUT2D eigenvalue weighted by molar-refractivity contribution is 9.10. The predicted octanol–water partition coefficient (Wildman–Crippen LogP) is 2.32. The molecule has 5 nitrogen and oxygen atoms in total. The average Bonchev–Trinajstić information content (AvgIpc) is 2.70. The number of rotatable bonds is 5. The summed E-state index contributed by atoms with van der Waals surface area (Å²) in [6.07, 6.45) is 2.80. The molecule has 1 saturated heterocycles. The van der Waals surface area contributed by atoms with Gasteiger partial charge in [-0.15, -0.1) is 0 Å². The van der Waals surface area contributed by atoms with Crippen LogP contribution in [0.25, 0.3) is 0 Å². The van der Waals surface area contributed by atoms with Crippen molar-refractivity contribution in [2.75, 3.05) is 18.1 Å². The summed E-state index contributed by atoms with van der Waals surface area (Å²) >= 11 is 3.36. The number of halogens is 1. The summed E-state index contributed by atoms with van der Waals surface area (Å²) in [5, 5.41) is 9.00. The lowest BCUT2D eigenvalue weighted by Gasteiger charge is -2.33. The Labute approximate surface area is 133 Å². The number of aromatic nitrogens is 1. The van der Waals surface area contributed by atoms with Crippen LogP contribution in [0, 0.1) is 5.92 Å². The van der Waals surface area contributed by atoms with Gasteiger partial charge in [-0.1, -0.05) is 0 Å². The van der Waals surface area contributed by atoms with Crippen molar-refractivity contribution in [3.8, 4) is 0 Å². The molecule has 1 atom stereocenters. The number of carbonyl (C=O) groups is 1. The molecule has 1 aliphatic rings. The molecule has 0 bridgehead atoms. The number of nitrogens with zero attached hydrogens (tertiary/aromatic N) is 2. The zero-order chi connectivity index (χ0) is 15.6. The second-order valence-electron chi connectivity index (χ2n) is 6.23. The highest BCUT2D eigenvalue weighted by Gasteiger charge is 2.40. The van der Waals surface area contributed by atoms with E-state index in [0.717, 1.165) is 25.8 Å². The van der Waals surface area contributed by atoms with Crippen LogP contribution in [-0.2, 0) is 0 Å². The number of hydrogen-bond acceptors (Lipinski definition) is 4. The third kappa shape index (κ3) is 3.55. The average molecular weight is 356 g/mol. The molecule has 3 N–H and O–H groups in total. The van der Waals surface area contributed by atoms with E-state index in [1.54, 1.807) is 12.1 Å². The molecule has 2 rings (SSSR count). The van der Waals surface area contributed by atoms with Crippen LogP contribution in [0.4, 0.5) is 5.82 Å². The molecule has 1 unspecified atom stereocenters. The molecule has 0 saturated carbocycles. The number of anilines is 1. The molecular weight excluding hydrogens is 334 g/mol. The van der Waals surface area contributed by atoms with E-state index >= 15 is 0 Å². The first-order valence-corrected chi connectivity index (χ1v) is 7.99. The van der Waals surface area contributed by atoms with E-state index < -0.39 is 5.91 Å². The molecule has 0 aromatic carbocycles. The lowest BCUT2D eigenvalue weighted by Crippen LogP contribution is -2.40. The van der Waals surface area contributed by atoms with Crippen LogP contribution in [0.1, 0.15) is 43.5 Å². The Hall–Kier alpha value is -1.14. The van der Waals surface area contributed by atoms with Gasteiger partial charge in [-0.2, -0.15) is 0 Å². The molecule has 0 aliphatic carbocycles. The van der Waals surface area contributed by atoms with Gasteiger partial charge < -0.3 is 15.7 Å². The van der Waals surface area contributed by atoms with Crippen molar-refractivity contribution in [1.29, 1.82) is 0 Å². The summed E-state index contributed by atoms with van der Waals surface area (Å²) in [5.41, 5.74) is 5.85. The van der Waals surface area contributed by atoms with Gasteiger partial charge in [-0.3, -0.25) is 4.79 Å². The fraction of sp³-hybridized carbons (Fsp3) is 0.600.